The van der Waals surface area contributed by atoms with E-state index in [1.807, 2.05) is 44.2 Å². The molecule has 6 N–H and O–H groups in total. The van der Waals surface area contributed by atoms with Crippen LogP contribution in [-0.4, -0.2) is 60.2 Å². The first-order chi connectivity index (χ1) is 19.1. The molecular formula is C29H47N5O7. The molecule has 0 aromatic heterocycles. The van der Waals surface area contributed by atoms with Crippen LogP contribution in [0, 0.1) is 11.8 Å². The summed E-state index contributed by atoms with van der Waals surface area (Å²) in [6.07, 6.45) is -0.622. The number of nitrogens with two attached hydrogens (primary N) is 1. The maximum Gasteiger partial charge on any atom is 0.408 e. The molecule has 3 atom stereocenters. The van der Waals surface area contributed by atoms with Gasteiger partial charge < -0.3 is 36.5 Å². The number of hydrogen-bond donors (Lipinski definition) is 5. The van der Waals surface area contributed by atoms with Gasteiger partial charge in [-0.05, 0) is 57.4 Å². The van der Waals surface area contributed by atoms with Gasteiger partial charge in [-0.3, -0.25) is 14.4 Å². The van der Waals surface area contributed by atoms with Crippen molar-refractivity contribution in [1.29, 1.82) is 0 Å². The van der Waals surface area contributed by atoms with E-state index in [1.54, 1.807) is 34.6 Å². The molecule has 0 aliphatic carbocycles. The summed E-state index contributed by atoms with van der Waals surface area (Å²) >= 11 is 0. The van der Waals surface area contributed by atoms with Crippen molar-refractivity contribution in [3.63, 3.8) is 0 Å². The smallest absolute Gasteiger partial charge is 0.408 e. The minimum atomic E-state index is -1.07. The molecule has 1 aromatic rings. The lowest BCUT2D eigenvalue weighted by Crippen LogP contribution is -2.58. The Morgan fingerprint density at radius 1 is 0.854 bits per heavy atom. The van der Waals surface area contributed by atoms with Crippen molar-refractivity contribution in [2.75, 3.05) is 6.54 Å². The SMILES string of the molecule is CC(C)C[C@H](NC(=O)[C@@H](NC(=O)[C@@H](CCCNC(=O)OCc1ccccc1)NC(=O)OC(C)(C)C)C(C)C)C(N)=O. The quantitative estimate of drug-likeness (QED) is 0.199. The number of alkyl carbamates (subject to hydrolysis) is 2. The van der Waals surface area contributed by atoms with Crippen molar-refractivity contribution < 1.29 is 33.4 Å². The molecule has 0 aliphatic rings. The van der Waals surface area contributed by atoms with Crippen LogP contribution in [0.4, 0.5) is 9.59 Å². The Morgan fingerprint density at radius 3 is 2.02 bits per heavy atom. The van der Waals surface area contributed by atoms with Crippen LogP contribution in [0.2, 0.25) is 0 Å². The second-order valence-electron chi connectivity index (χ2n) is 11.7. The molecule has 0 saturated heterocycles. The Balaban J connectivity index is 2.84. The highest BCUT2D eigenvalue weighted by Crippen LogP contribution is 2.10. The standard InChI is InChI=1S/C29H47N5O7/c1-18(2)16-22(24(30)35)32-26(37)23(19(3)4)34-25(36)21(33-28(39)41-29(5,6)7)14-11-15-31-27(38)40-17-20-12-9-8-10-13-20/h8-10,12-13,18-19,21-23H,11,14-17H2,1-7H3,(H2,30,35)(H,31,38)(H,32,37)(H,33,39)(H,34,36)/t21-,22+,23+/m1/s1. The van der Waals surface area contributed by atoms with Gasteiger partial charge in [-0.25, -0.2) is 9.59 Å². The fourth-order valence-corrected chi connectivity index (χ4v) is 3.76. The first kappa shape index (κ1) is 35.2. The van der Waals surface area contributed by atoms with Crippen LogP contribution >= 0.6 is 0 Å². The van der Waals surface area contributed by atoms with Crippen molar-refractivity contribution in [2.24, 2.45) is 17.6 Å². The summed E-state index contributed by atoms with van der Waals surface area (Å²) in [5, 5.41) is 10.5. The van der Waals surface area contributed by atoms with Gasteiger partial charge in [0.15, 0.2) is 0 Å². The van der Waals surface area contributed by atoms with Crippen LogP contribution in [0.3, 0.4) is 0 Å². The predicted octanol–water partition coefficient (Wildman–Crippen LogP) is 2.74. The molecule has 0 radical (unpaired) electrons. The summed E-state index contributed by atoms with van der Waals surface area (Å²) in [7, 11) is 0. The molecule has 0 bridgehead atoms. The first-order valence-electron chi connectivity index (χ1n) is 13.9. The highest BCUT2D eigenvalue weighted by molar-refractivity contribution is 5.93. The van der Waals surface area contributed by atoms with Gasteiger partial charge in [-0.2, -0.15) is 0 Å². The second kappa shape index (κ2) is 17.1. The van der Waals surface area contributed by atoms with Gasteiger partial charge in [0, 0.05) is 6.54 Å². The van der Waals surface area contributed by atoms with E-state index in [2.05, 4.69) is 21.3 Å². The van der Waals surface area contributed by atoms with E-state index in [1.165, 1.54) is 0 Å². The minimum absolute atomic E-state index is 0.103. The zero-order chi connectivity index (χ0) is 31.2. The molecule has 0 unspecified atom stereocenters. The molecule has 0 aliphatic heterocycles. The third-order valence-electron chi connectivity index (χ3n) is 5.77. The van der Waals surface area contributed by atoms with Crippen molar-refractivity contribution in [1.82, 2.24) is 21.3 Å². The largest absolute Gasteiger partial charge is 0.445 e. The molecule has 5 amide bonds. The Kier molecular flexibility index (Phi) is 14.7. The number of hydrogen-bond acceptors (Lipinski definition) is 7. The fraction of sp³-hybridized carbons (Fsp3) is 0.621. The number of carbonyl (C=O) groups is 5. The summed E-state index contributed by atoms with van der Waals surface area (Å²) in [6, 6.07) is 6.27. The Morgan fingerprint density at radius 2 is 1.49 bits per heavy atom. The third kappa shape index (κ3) is 14.9. The third-order valence-corrected chi connectivity index (χ3v) is 5.77. The minimum Gasteiger partial charge on any atom is -0.445 e. The van der Waals surface area contributed by atoms with E-state index in [0.717, 1.165) is 5.56 Å². The van der Waals surface area contributed by atoms with Crippen LogP contribution in [-0.2, 0) is 30.5 Å². The molecule has 0 spiro atoms. The molecule has 0 saturated carbocycles. The van der Waals surface area contributed by atoms with E-state index in [9.17, 15) is 24.0 Å². The summed E-state index contributed by atoms with van der Waals surface area (Å²) < 4.78 is 10.5. The Bertz CT molecular complexity index is 1010. The van der Waals surface area contributed by atoms with E-state index < -0.39 is 53.6 Å². The van der Waals surface area contributed by atoms with Crippen LogP contribution in [0.1, 0.15) is 73.3 Å². The van der Waals surface area contributed by atoms with Gasteiger partial charge >= 0.3 is 12.2 Å². The van der Waals surface area contributed by atoms with E-state index in [-0.39, 0.29) is 31.4 Å². The number of amides is 5. The average Bonchev–Trinajstić information content (AvgIpc) is 2.86. The fourth-order valence-electron chi connectivity index (χ4n) is 3.76. The van der Waals surface area contributed by atoms with Gasteiger partial charge in [0.2, 0.25) is 17.7 Å². The number of ether oxygens (including phenoxy) is 2. The molecule has 1 rings (SSSR count). The molecule has 41 heavy (non-hydrogen) atoms. The number of primary amides is 1. The maximum atomic E-state index is 13.3. The molecule has 12 heteroatoms. The highest BCUT2D eigenvalue weighted by atomic mass is 16.6. The monoisotopic (exact) mass is 577 g/mol. The topological polar surface area (TPSA) is 178 Å². The van der Waals surface area contributed by atoms with Crippen LogP contribution < -0.4 is 27.0 Å². The molecule has 1 aromatic carbocycles. The van der Waals surface area contributed by atoms with Gasteiger partial charge in [-0.1, -0.05) is 58.0 Å². The number of rotatable bonds is 15. The lowest BCUT2D eigenvalue weighted by molar-refractivity contribution is -0.133. The lowest BCUT2D eigenvalue weighted by Gasteiger charge is -2.28. The Hall–Kier alpha value is -3.83. The lowest BCUT2D eigenvalue weighted by atomic mass is 9.99. The average molecular weight is 578 g/mol. The van der Waals surface area contributed by atoms with Gasteiger partial charge in [-0.15, -0.1) is 0 Å². The maximum absolute atomic E-state index is 13.3. The van der Waals surface area contributed by atoms with E-state index in [4.69, 9.17) is 15.2 Å². The van der Waals surface area contributed by atoms with Crippen LogP contribution in [0.5, 0.6) is 0 Å². The van der Waals surface area contributed by atoms with Gasteiger partial charge in [0.1, 0.15) is 30.3 Å². The van der Waals surface area contributed by atoms with Crippen molar-refractivity contribution in [2.45, 2.75) is 98.1 Å². The van der Waals surface area contributed by atoms with Gasteiger partial charge in [0.05, 0.1) is 0 Å². The van der Waals surface area contributed by atoms with E-state index >= 15 is 0 Å². The molecular weight excluding hydrogens is 530 g/mol. The zero-order valence-corrected chi connectivity index (χ0v) is 25.2. The normalized spacial score (nSPS) is 13.5. The highest BCUT2D eigenvalue weighted by Gasteiger charge is 2.31. The predicted molar refractivity (Wildman–Crippen MR) is 154 cm³/mol. The van der Waals surface area contributed by atoms with E-state index in [0.29, 0.717) is 12.8 Å². The van der Waals surface area contributed by atoms with Crippen LogP contribution in [0.25, 0.3) is 0 Å². The summed E-state index contributed by atoms with van der Waals surface area (Å²) in [5.74, 6) is -2.08. The van der Waals surface area contributed by atoms with Crippen LogP contribution in [0.15, 0.2) is 30.3 Å². The summed E-state index contributed by atoms with van der Waals surface area (Å²) in [5.41, 5.74) is 5.51. The van der Waals surface area contributed by atoms with Crippen molar-refractivity contribution in [3.8, 4) is 0 Å². The zero-order valence-electron chi connectivity index (χ0n) is 25.2. The Labute approximate surface area is 242 Å². The first-order valence-corrected chi connectivity index (χ1v) is 13.9. The van der Waals surface area contributed by atoms with Crippen molar-refractivity contribution in [3.05, 3.63) is 35.9 Å². The summed E-state index contributed by atoms with van der Waals surface area (Å²) in [4.78, 5) is 62.7. The second-order valence-corrected chi connectivity index (χ2v) is 11.7. The number of nitrogens with one attached hydrogen (secondary N) is 4. The molecule has 12 nitrogen and oxygen atoms in total. The number of carbonyl (C=O) groups excluding carboxylic acids is 5. The summed E-state index contributed by atoms with van der Waals surface area (Å²) in [6.45, 7) is 12.7. The number of benzene rings is 1. The van der Waals surface area contributed by atoms with Gasteiger partial charge in [0.25, 0.3) is 0 Å². The molecule has 0 heterocycles. The molecule has 230 valence electrons. The molecule has 0 fully saturated rings. The van der Waals surface area contributed by atoms with Crippen molar-refractivity contribution >= 4 is 29.9 Å².